The zero-order chi connectivity index (χ0) is 15.0. The van der Waals surface area contributed by atoms with E-state index in [1.165, 1.54) is 38.5 Å². The first-order valence-corrected chi connectivity index (χ1v) is 8.78. The molecule has 22 heavy (non-hydrogen) atoms. The predicted molar refractivity (Wildman–Crippen MR) is 93.8 cm³/mol. The summed E-state index contributed by atoms with van der Waals surface area (Å²) in [7, 11) is 0. The van der Waals surface area contributed by atoms with Crippen LogP contribution < -0.4 is 10.7 Å². The van der Waals surface area contributed by atoms with Crippen molar-refractivity contribution in [3.8, 4) is 0 Å². The molecule has 4 bridgehead atoms. The minimum atomic E-state index is 0.251. The first kappa shape index (κ1) is 14.2. The molecule has 0 amide bonds. The SMILES string of the molecule is S=C(N/N=C/c1ccccc1)NC12CC3CC(CC(C3)C1)C2. The quantitative estimate of drug-likeness (QED) is 0.510. The highest BCUT2D eigenvalue weighted by Crippen LogP contribution is 2.55. The van der Waals surface area contributed by atoms with E-state index < -0.39 is 0 Å². The van der Waals surface area contributed by atoms with Crippen LogP contribution in [-0.4, -0.2) is 16.9 Å². The van der Waals surface area contributed by atoms with Crippen molar-refractivity contribution >= 4 is 23.5 Å². The van der Waals surface area contributed by atoms with Gasteiger partial charge in [0, 0.05) is 5.54 Å². The van der Waals surface area contributed by atoms with E-state index in [9.17, 15) is 0 Å². The molecule has 0 unspecified atom stereocenters. The molecule has 4 aliphatic carbocycles. The Morgan fingerprint density at radius 3 is 2.23 bits per heavy atom. The summed E-state index contributed by atoms with van der Waals surface area (Å²) in [4.78, 5) is 0. The lowest BCUT2D eigenvalue weighted by Gasteiger charge is -2.57. The molecule has 0 radical (unpaired) electrons. The highest BCUT2D eigenvalue weighted by atomic mass is 32.1. The molecule has 0 aromatic heterocycles. The highest BCUT2D eigenvalue weighted by molar-refractivity contribution is 7.80. The normalized spacial score (nSPS) is 35.7. The largest absolute Gasteiger partial charge is 0.356 e. The molecular formula is C18H23N3S. The maximum atomic E-state index is 5.47. The summed E-state index contributed by atoms with van der Waals surface area (Å²) in [6.45, 7) is 0. The van der Waals surface area contributed by atoms with E-state index in [0.717, 1.165) is 23.3 Å². The number of hydrazone groups is 1. The van der Waals surface area contributed by atoms with Crippen LogP contribution in [-0.2, 0) is 0 Å². The van der Waals surface area contributed by atoms with Crippen molar-refractivity contribution in [2.75, 3.05) is 0 Å². The van der Waals surface area contributed by atoms with Crippen molar-refractivity contribution < 1.29 is 0 Å². The van der Waals surface area contributed by atoms with Gasteiger partial charge in [0.15, 0.2) is 5.11 Å². The zero-order valence-corrected chi connectivity index (χ0v) is 13.6. The lowest BCUT2D eigenvalue weighted by Crippen LogP contribution is -2.61. The first-order chi connectivity index (χ1) is 10.7. The van der Waals surface area contributed by atoms with Gasteiger partial charge >= 0.3 is 0 Å². The second-order valence-corrected chi connectivity index (χ2v) is 7.84. The average Bonchev–Trinajstić information content (AvgIpc) is 2.46. The third-order valence-corrected chi connectivity index (χ3v) is 5.79. The Bertz CT molecular complexity index is 546. The molecule has 1 aromatic carbocycles. The van der Waals surface area contributed by atoms with Crippen molar-refractivity contribution in [1.29, 1.82) is 0 Å². The lowest BCUT2D eigenvalue weighted by molar-refractivity contribution is -0.0101. The molecule has 3 nitrogen and oxygen atoms in total. The fraction of sp³-hybridized carbons (Fsp3) is 0.556. The molecule has 0 saturated heterocycles. The van der Waals surface area contributed by atoms with Gasteiger partial charge in [0.2, 0.25) is 0 Å². The summed E-state index contributed by atoms with van der Waals surface area (Å²) < 4.78 is 0. The summed E-state index contributed by atoms with van der Waals surface area (Å²) in [5, 5.41) is 8.55. The van der Waals surface area contributed by atoms with Crippen LogP contribution in [0.25, 0.3) is 0 Å². The van der Waals surface area contributed by atoms with Crippen LogP contribution in [0, 0.1) is 17.8 Å². The second kappa shape index (κ2) is 5.65. The summed E-state index contributed by atoms with van der Waals surface area (Å²) >= 11 is 5.47. The molecule has 0 spiro atoms. The summed E-state index contributed by atoms with van der Waals surface area (Å²) in [6.07, 6.45) is 10.1. The van der Waals surface area contributed by atoms with Crippen LogP contribution in [0.3, 0.4) is 0 Å². The van der Waals surface area contributed by atoms with Crippen LogP contribution in [0.4, 0.5) is 0 Å². The minimum Gasteiger partial charge on any atom is -0.356 e. The van der Waals surface area contributed by atoms with Gasteiger partial charge in [0.05, 0.1) is 6.21 Å². The Balaban J connectivity index is 1.35. The minimum absolute atomic E-state index is 0.251. The number of hydrogen-bond acceptors (Lipinski definition) is 2. The van der Waals surface area contributed by atoms with Crippen molar-refractivity contribution in [3.05, 3.63) is 35.9 Å². The Hall–Kier alpha value is -1.42. The fourth-order valence-corrected chi connectivity index (χ4v) is 5.51. The topological polar surface area (TPSA) is 36.4 Å². The number of nitrogens with zero attached hydrogens (tertiary/aromatic N) is 1. The number of benzene rings is 1. The van der Waals surface area contributed by atoms with Gasteiger partial charge in [-0.3, -0.25) is 5.43 Å². The Morgan fingerprint density at radius 1 is 1.05 bits per heavy atom. The lowest BCUT2D eigenvalue weighted by atomic mass is 9.53. The van der Waals surface area contributed by atoms with Crippen molar-refractivity contribution in [2.45, 2.75) is 44.1 Å². The van der Waals surface area contributed by atoms with Gasteiger partial charge < -0.3 is 5.32 Å². The van der Waals surface area contributed by atoms with E-state index >= 15 is 0 Å². The average molecular weight is 313 g/mol. The van der Waals surface area contributed by atoms with Gasteiger partial charge in [-0.1, -0.05) is 30.3 Å². The number of hydrogen-bond donors (Lipinski definition) is 2. The summed E-state index contributed by atoms with van der Waals surface area (Å²) in [5.41, 5.74) is 4.32. The highest BCUT2D eigenvalue weighted by Gasteiger charge is 2.51. The molecule has 0 aliphatic heterocycles. The van der Waals surface area contributed by atoms with Crippen LogP contribution in [0.5, 0.6) is 0 Å². The van der Waals surface area contributed by atoms with Gasteiger partial charge in [-0.2, -0.15) is 5.10 Å². The van der Waals surface area contributed by atoms with Crippen molar-refractivity contribution in [1.82, 2.24) is 10.7 Å². The van der Waals surface area contributed by atoms with Crippen LogP contribution >= 0.6 is 12.2 Å². The van der Waals surface area contributed by atoms with E-state index in [1.807, 2.05) is 36.5 Å². The maximum absolute atomic E-state index is 5.47. The Kier molecular flexibility index (Phi) is 3.65. The molecule has 4 saturated carbocycles. The number of rotatable bonds is 3. The maximum Gasteiger partial charge on any atom is 0.187 e. The van der Waals surface area contributed by atoms with Crippen molar-refractivity contribution in [2.24, 2.45) is 22.9 Å². The van der Waals surface area contributed by atoms with E-state index in [1.54, 1.807) is 0 Å². The van der Waals surface area contributed by atoms with E-state index in [4.69, 9.17) is 12.2 Å². The predicted octanol–water partition coefficient (Wildman–Crippen LogP) is 3.45. The molecular weight excluding hydrogens is 290 g/mol. The van der Waals surface area contributed by atoms with Gasteiger partial charge in [0.1, 0.15) is 0 Å². The molecule has 116 valence electrons. The van der Waals surface area contributed by atoms with E-state index in [-0.39, 0.29) is 5.54 Å². The summed E-state index contributed by atoms with van der Waals surface area (Å²) in [6, 6.07) is 10.1. The van der Waals surface area contributed by atoms with Crippen molar-refractivity contribution in [3.63, 3.8) is 0 Å². The van der Waals surface area contributed by atoms with E-state index in [0.29, 0.717) is 5.11 Å². The van der Waals surface area contributed by atoms with Gasteiger partial charge in [-0.15, -0.1) is 0 Å². The first-order valence-electron chi connectivity index (χ1n) is 8.37. The molecule has 1 aromatic rings. The molecule has 2 N–H and O–H groups in total. The molecule has 4 heteroatoms. The monoisotopic (exact) mass is 313 g/mol. The third-order valence-electron chi connectivity index (χ3n) is 5.60. The Morgan fingerprint density at radius 2 is 1.64 bits per heavy atom. The smallest absolute Gasteiger partial charge is 0.187 e. The Labute approximate surface area is 137 Å². The number of nitrogens with one attached hydrogen (secondary N) is 2. The second-order valence-electron chi connectivity index (χ2n) is 7.43. The molecule has 0 atom stereocenters. The molecule has 4 fully saturated rings. The standard InChI is InChI=1S/C18H23N3S/c22-17(21-19-12-13-4-2-1-3-5-13)20-18-9-14-6-15(10-18)8-16(7-14)11-18/h1-5,12,14-16H,6-11H2,(H2,20,21,22)/b19-12+. The van der Waals surface area contributed by atoms with Gasteiger partial charge in [0.25, 0.3) is 0 Å². The third kappa shape index (κ3) is 2.89. The fourth-order valence-electron chi connectivity index (χ4n) is 5.24. The zero-order valence-electron chi connectivity index (χ0n) is 12.8. The summed E-state index contributed by atoms with van der Waals surface area (Å²) in [5.74, 6) is 2.78. The van der Waals surface area contributed by atoms with Crippen LogP contribution in [0.2, 0.25) is 0 Å². The number of thiocarbonyl (C=S) groups is 1. The van der Waals surface area contributed by atoms with Gasteiger partial charge in [-0.05, 0) is 74.1 Å². The van der Waals surface area contributed by atoms with Gasteiger partial charge in [-0.25, -0.2) is 0 Å². The van der Waals surface area contributed by atoms with Crippen LogP contribution in [0.15, 0.2) is 35.4 Å². The molecule has 0 heterocycles. The molecule has 5 rings (SSSR count). The molecule has 4 aliphatic rings. The van der Waals surface area contributed by atoms with Crippen LogP contribution in [0.1, 0.15) is 44.1 Å². The van der Waals surface area contributed by atoms with E-state index in [2.05, 4.69) is 15.8 Å².